The maximum Gasteiger partial charge on any atom is 0.410 e. The third-order valence-electron chi connectivity index (χ3n) is 5.99. The molecule has 4 heterocycles. The Bertz CT molecular complexity index is 1050. The first-order valence-electron chi connectivity index (χ1n) is 10.6. The van der Waals surface area contributed by atoms with E-state index in [1.807, 2.05) is 31.3 Å². The number of carbonyl (C=O) groups excluding carboxylic acids is 2. The lowest BCUT2D eigenvalue weighted by Crippen LogP contribution is -2.35. The van der Waals surface area contributed by atoms with Gasteiger partial charge in [-0.2, -0.15) is 0 Å². The molecule has 2 saturated heterocycles. The predicted molar refractivity (Wildman–Crippen MR) is 116 cm³/mol. The Balaban J connectivity index is 1.39. The van der Waals surface area contributed by atoms with Gasteiger partial charge in [-0.05, 0) is 35.4 Å². The highest BCUT2D eigenvalue weighted by Crippen LogP contribution is 2.34. The monoisotopic (exact) mass is 422 g/mol. The molecular weight excluding hydrogens is 396 g/mol. The van der Waals surface area contributed by atoms with Gasteiger partial charge in [0.05, 0.1) is 25.3 Å². The number of nitrogens with one attached hydrogen (secondary N) is 1. The largest absolute Gasteiger partial charge is 0.448 e. The van der Waals surface area contributed by atoms with Crippen molar-refractivity contribution in [3.05, 3.63) is 52.8 Å². The number of fused-ring (bicyclic) bond motifs is 1. The molecule has 0 unspecified atom stereocenters. The summed E-state index contributed by atoms with van der Waals surface area (Å²) in [4.78, 5) is 28.5. The number of morpholine rings is 1. The van der Waals surface area contributed by atoms with Gasteiger partial charge in [0.15, 0.2) is 0 Å². The van der Waals surface area contributed by atoms with E-state index < -0.39 is 0 Å². The van der Waals surface area contributed by atoms with Crippen LogP contribution in [0, 0.1) is 0 Å². The lowest BCUT2D eigenvalue weighted by molar-refractivity contribution is -0.110. The van der Waals surface area contributed by atoms with E-state index in [0.717, 1.165) is 55.4 Å². The molecule has 5 rings (SSSR count). The fourth-order valence-electron chi connectivity index (χ4n) is 4.31. The predicted octanol–water partition coefficient (Wildman–Crippen LogP) is 2.30. The number of cyclic esters (lactones) is 1. The molecule has 3 aliphatic rings. The van der Waals surface area contributed by atoms with E-state index in [0.29, 0.717) is 25.3 Å². The number of carbonyl (C=O) groups is 2. The Labute approximate surface area is 181 Å². The van der Waals surface area contributed by atoms with Crippen molar-refractivity contribution in [3.63, 3.8) is 0 Å². The first kappa shape index (κ1) is 19.8. The summed E-state index contributed by atoms with van der Waals surface area (Å²) in [5, 5.41) is 2.95. The van der Waals surface area contributed by atoms with Crippen LogP contribution >= 0.6 is 0 Å². The Kier molecular flexibility index (Phi) is 5.25. The molecule has 0 radical (unpaired) electrons. The molecule has 1 aromatic heterocycles. The average molecular weight is 422 g/mol. The molecule has 2 aromatic rings. The van der Waals surface area contributed by atoms with E-state index in [1.165, 1.54) is 5.56 Å². The summed E-state index contributed by atoms with van der Waals surface area (Å²) >= 11 is 0. The first-order chi connectivity index (χ1) is 15.1. The van der Waals surface area contributed by atoms with Crippen LogP contribution < -0.4 is 5.32 Å². The molecule has 0 aliphatic carbocycles. The lowest BCUT2D eigenvalue weighted by Gasteiger charge is -2.26. The highest BCUT2D eigenvalue weighted by molar-refractivity contribution is 6.34. The Hall–Kier alpha value is -3.10. The van der Waals surface area contributed by atoms with Crippen LogP contribution in [0.3, 0.4) is 0 Å². The molecule has 1 N–H and O–H groups in total. The second kappa shape index (κ2) is 8.20. The Morgan fingerprint density at radius 2 is 1.87 bits per heavy atom. The Morgan fingerprint density at radius 1 is 1.03 bits per heavy atom. The van der Waals surface area contributed by atoms with Gasteiger partial charge < -0.3 is 24.3 Å². The summed E-state index contributed by atoms with van der Waals surface area (Å²) < 4.78 is 12.5. The van der Waals surface area contributed by atoms with Gasteiger partial charge in [-0.25, -0.2) is 4.79 Å². The van der Waals surface area contributed by atoms with Crippen molar-refractivity contribution in [3.8, 4) is 0 Å². The number of nitrogens with zero attached hydrogens (tertiary/aromatic N) is 3. The van der Waals surface area contributed by atoms with Gasteiger partial charge in [-0.1, -0.05) is 6.07 Å². The zero-order valence-electron chi connectivity index (χ0n) is 17.6. The third-order valence-corrected chi connectivity index (χ3v) is 5.99. The summed E-state index contributed by atoms with van der Waals surface area (Å²) in [5.74, 6) is -0.108. The maximum absolute atomic E-state index is 12.7. The first-order valence-corrected chi connectivity index (χ1v) is 10.6. The second-order valence-electron chi connectivity index (χ2n) is 8.20. The fraction of sp³-hybridized carbons (Fsp3) is 0.391. The molecule has 8 heteroatoms. The highest BCUT2D eigenvalue weighted by atomic mass is 16.6. The van der Waals surface area contributed by atoms with Crippen LogP contribution in [0.2, 0.25) is 0 Å². The van der Waals surface area contributed by atoms with Crippen LogP contribution in [0.25, 0.3) is 11.6 Å². The number of amides is 2. The molecule has 0 bridgehead atoms. The molecule has 0 atom stereocenters. The minimum Gasteiger partial charge on any atom is -0.448 e. The summed E-state index contributed by atoms with van der Waals surface area (Å²) in [7, 11) is 2.00. The lowest BCUT2D eigenvalue weighted by atomic mass is 10.0. The van der Waals surface area contributed by atoms with Gasteiger partial charge in [0.25, 0.3) is 5.91 Å². The smallest absolute Gasteiger partial charge is 0.410 e. The van der Waals surface area contributed by atoms with Gasteiger partial charge >= 0.3 is 6.09 Å². The standard InChI is InChI=1S/C23H26N4O4/c1-25-13-17(14-26-4-7-30-8-5-26)10-18(25)12-20-19-11-16(2-3-21(19)24-22(20)28)15-27-6-9-31-23(27)29/h2-3,10-13H,4-9,14-15H2,1H3,(H,24,28)/b20-12-. The van der Waals surface area contributed by atoms with Crippen molar-refractivity contribution in [1.82, 2.24) is 14.4 Å². The zero-order valence-corrected chi connectivity index (χ0v) is 17.6. The minimum absolute atomic E-state index is 0.108. The molecule has 2 amide bonds. The van der Waals surface area contributed by atoms with Crippen molar-refractivity contribution in [2.24, 2.45) is 7.05 Å². The summed E-state index contributed by atoms with van der Waals surface area (Å²) in [6.45, 7) is 5.79. The minimum atomic E-state index is -0.290. The van der Waals surface area contributed by atoms with E-state index in [9.17, 15) is 9.59 Å². The van der Waals surface area contributed by atoms with Crippen molar-refractivity contribution in [2.75, 3.05) is 44.8 Å². The van der Waals surface area contributed by atoms with Crippen molar-refractivity contribution < 1.29 is 19.1 Å². The van der Waals surface area contributed by atoms with Gasteiger partial charge in [0, 0.05) is 56.4 Å². The van der Waals surface area contributed by atoms with Gasteiger partial charge in [0.2, 0.25) is 0 Å². The number of aryl methyl sites for hydroxylation is 1. The molecule has 162 valence electrons. The van der Waals surface area contributed by atoms with Crippen molar-refractivity contribution in [2.45, 2.75) is 13.1 Å². The quantitative estimate of drug-likeness (QED) is 0.749. The topological polar surface area (TPSA) is 76.0 Å². The van der Waals surface area contributed by atoms with Crippen LogP contribution in [-0.4, -0.2) is 65.8 Å². The molecule has 2 fully saturated rings. The maximum atomic E-state index is 12.7. The van der Waals surface area contributed by atoms with Crippen LogP contribution in [-0.2, 0) is 34.4 Å². The van der Waals surface area contributed by atoms with E-state index in [-0.39, 0.29) is 12.0 Å². The number of benzene rings is 1. The average Bonchev–Trinajstić information content (AvgIpc) is 3.41. The van der Waals surface area contributed by atoms with Gasteiger partial charge in [-0.3, -0.25) is 9.69 Å². The molecule has 31 heavy (non-hydrogen) atoms. The van der Waals surface area contributed by atoms with E-state index in [2.05, 4.69) is 27.0 Å². The van der Waals surface area contributed by atoms with E-state index >= 15 is 0 Å². The van der Waals surface area contributed by atoms with Crippen LogP contribution in [0.15, 0.2) is 30.5 Å². The van der Waals surface area contributed by atoms with E-state index in [4.69, 9.17) is 9.47 Å². The molecule has 3 aliphatic heterocycles. The number of anilines is 1. The zero-order chi connectivity index (χ0) is 21.4. The third kappa shape index (κ3) is 4.08. The summed E-state index contributed by atoms with van der Waals surface area (Å²) in [6, 6.07) is 7.97. The molecule has 0 spiro atoms. The number of rotatable bonds is 5. The second-order valence-corrected chi connectivity index (χ2v) is 8.20. The molecule has 0 saturated carbocycles. The van der Waals surface area contributed by atoms with Crippen molar-refractivity contribution >= 4 is 29.3 Å². The van der Waals surface area contributed by atoms with Gasteiger partial charge in [-0.15, -0.1) is 0 Å². The number of hydrogen-bond donors (Lipinski definition) is 1. The molecule has 1 aromatic carbocycles. The van der Waals surface area contributed by atoms with Crippen molar-refractivity contribution in [1.29, 1.82) is 0 Å². The normalized spacial score (nSPS) is 20.3. The highest BCUT2D eigenvalue weighted by Gasteiger charge is 2.27. The molecular formula is C23H26N4O4. The van der Waals surface area contributed by atoms with Crippen LogP contribution in [0.4, 0.5) is 10.5 Å². The van der Waals surface area contributed by atoms with Crippen LogP contribution in [0.5, 0.6) is 0 Å². The Morgan fingerprint density at radius 3 is 2.65 bits per heavy atom. The van der Waals surface area contributed by atoms with Gasteiger partial charge in [0.1, 0.15) is 6.61 Å². The number of hydrogen-bond acceptors (Lipinski definition) is 5. The number of ether oxygens (including phenoxy) is 2. The summed E-state index contributed by atoms with van der Waals surface area (Å²) in [6.07, 6.45) is 3.77. The SMILES string of the molecule is Cn1cc(CN2CCOCC2)cc1/C=C1\C(=O)Nc2ccc(CN3CCOC3=O)cc21. The fourth-order valence-corrected chi connectivity index (χ4v) is 4.31. The summed E-state index contributed by atoms with van der Waals surface area (Å²) in [5.41, 5.74) is 5.48. The number of aromatic nitrogens is 1. The van der Waals surface area contributed by atoms with Crippen LogP contribution in [0.1, 0.15) is 22.4 Å². The molecule has 8 nitrogen and oxygen atoms in total. The van der Waals surface area contributed by atoms with E-state index in [1.54, 1.807) is 4.90 Å².